The van der Waals surface area contributed by atoms with Gasteiger partial charge < -0.3 is 14.9 Å². The van der Waals surface area contributed by atoms with Crippen molar-refractivity contribution >= 4 is 0 Å². The van der Waals surface area contributed by atoms with Gasteiger partial charge in [0.25, 0.3) is 0 Å². The highest BCUT2D eigenvalue weighted by atomic mass is 16.5. The standard InChI is InChI=1S/C26H22O3/c1-3-8-18(9-4-2)26(19-10-6-5-7-11-19)22-14-12-20(27)16-24(22)29-25-17-21(28)13-15-23(25)26/h3-17,27-28H,1H2,2H3/b9-4-,18-8+. The maximum atomic E-state index is 10.1. The van der Waals surface area contributed by atoms with E-state index >= 15 is 0 Å². The fourth-order valence-electron chi connectivity index (χ4n) is 4.16. The van der Waals surface area contributed by atoms with Gasteiger partial charge in [-0.15, -0.1) is 0 Å². The van der Waals surface area contributed by atoms with Crippen molar-refractivity contribution in [3.63, 3.8) is 0 Å². The van der Waals surface area contributed by atoms with Gasteiger partial charge in [0, 0.05) is 23.3 Å². The van der Waals surface area contributed by atoms with Crippen LogP contribution in [0, 0.1) is 0 Å². The molecule has 0 fully saturated rings. The summed E-state index contributed by atoms with van der Waals surface area (Å²) in [5.41, 5.74) is 3.17. The molecule has 2 N–H and O–H groups in total. The van der Waals surface area contributed by atoms with E-state index in [0.29, 0.717) is 11.5 Å². The summed E-state index contributed by atoms with van der Waals surface area (Å²) in [7, 11) is 0. The number of allylic oxidation sites excluding steroid dienone is 5. The predicted octanol–water partition coefficient (Wildman–Crippen LogP) is 6.23. The van der Waals surface area contributed by atoms with Crippen LogP contribution >= 0.6 is 0 Å². The van der Waals surface area contributed by atoms with E-state index < -0.39 is 5.41 Å². The first-order valence-electron chi connectivity index (χ1n) is 9.47. The number of fused-ring (bicyclic) bond motifs is 2. The van der Waals surface area contributed by atoms with Crippen molar-refractivity contribution in [1.29, 1.82) is 0 Å². The van der Waals surface area contributed by atoms with E-state index in [4.69, 9.17) is 4.74 Å². The van der Waals surface area contributed by atoms with Crippen molar-refractivity contribution in [1.82, 2.24) is 0 Å². The van der Waals surface area contributed by atoms with Crippen LogP contribution in [0.1, 0.15) is 23.6 Å². The number of benzene rings is 3. The smallest absolute Gasteiger partial charge is 0.135 e. The zero-order valence-corrected chi connectivity index (χ0v) is 16.2. The summed E-state index contributed by atoms with van der Waals surface area (Å²) >= 11 is 0. The lowest BCUT2D eigenvalue weighted by Gasteiger charge is -2.42. The Balaban J connectivity index is 2.21. The van der Waals surface area contributed by atoms with Gasteiger partial charge in [0.15, 0.2) is 0 Å². The molecule has 0 saturated heterocycles. The Morgan fingerprint density at radius 1 is 0.897 bits per heavy atom. The molecule has 144 valence electrons. The average molecular weight is 382 g/mol. The zero-order valence-electron chi connectivity index (χ0n) is 16.2. The molecular formula is C26H22O3. The lowest BCUT2D eigenvalue weighted by atomic mass is 9.63. The van der Waals surface area contributed by atoms with Crippen molar-refractivity contribution in [2.24, 2.45) is 0 Å². The molecule has 0 radical (unpaired) electrons. The molecule has 0 amide bonds. The molecule has 3 heteroatoms. The fourth-order valence-corrected chi connectivity index (χ4v) is 4.16. The van der Waals surface area contributed by atoms with Crippen LogP contribution in [0.25, 0.3) is 0 Å². The van der Waals surface area contributed by atoms with Crippen molar-refractivity contribution in [3.05, 3.63) is 120 Å². The maximum absolute atomic E-state index is 10.1. The minimum atomic E-state index is -0.702. The van der Waals surface area contributed by atoms with E-state index in [1.807, 2.05) is 49.4 Å². The topological polar surface area (TPSA) is 49.7 Å². The molecule has 29 heavy (non-hydrogen) atoms. The number of phenols is 2. The van der Waals surface area contributed by atoms with E-state index in [1.165, 1.54) is 0 Å². The summed E-state index contributed by atoms with van der Waals surface area (Å²) in [4.78, 5) is 0. The summed E-state index contributed by atoms with van der Waals surface area (Å²) in [6.07, 6.45) is 7.82. The highest BCUT2D eigenvalue weighted by molar-refractivity contribution is 5.71. The van der Waals surface area contributed by atoms with E-state index in [-0.39, 0.29) is 11.5 Å². The Labute approximate surface area is 170 Å². The number of rotatable bonds is 4. The first-order chi connectivity index (χ1) is 14.1. The molecule has 3 aromatic carbocycles. The fraction of sp³-hybridized carbons (Fsp3) is 0.0769. The zero-order chi connectivity index (χ0) is 20.4. The molecule has 0 saturated carbocycles. The lowest BCUT2D eigenvalue weighted by molar-refractivity contribution is 0.415. The van der Waals surface area contributed by atoms with E-state index in [1.54, 1.807) is 30.3 Å². The molecule has 0 bridgehead atoms. The highest BCUT2D eigenvalue weighted by Crippen LogP contribution is 2.56. The Morgan fingerprint density at radius 3 is 2.00 bits per heavy atom. The number of hydrogen-bond acceptors (Lipinski definition) is 3. The van der Waals surface area contributed by atoms with Gasteiger partial charge in [0.2, 0.25) is 0 Å². The van der Waals surface area contributed by atoms with E-state index in [9.17, 15) is 10.2 Å². The molecule has 1 heterocycles. The van der Waals surface area contributed by atoms with Gasteiger partial charge in [-0.25, -0.2) is 0 Å². The molecule has 0 unspecified atom stereocenters. The van der Waals surface area contributed by atoms with Crippen LogP contribution in [0.4, 0.5) is 0 Å². The molecule has 0 aliphatic carbocycles. The van der Waals surface area contributed by atoms with Gasteiger partial charge in [0.05, 0.1) is 5.41 Å². The van der Waals surface area contributed by atoms with Crippen LogP contribution in [0.15, 0.2) is 103 Å². The summed E-state index contributed by atoms with van der Waals surface area (Å²) < 4.78 is 6.13. The first-order valence-corrected chi connectivity index (χ1v) is 9.47. The molecule has 4 rings (SSSR count). The second-order valence-corrected chi connectivity index (χ2v) is 6.94. The molecular weight excluding hydrogens is 360 g/mol. The third-order valence-corrected chi connectivity index (χ3v) is 5.24. The van der Waals surface area contributed by atoms with Gasteiger partial charge >= 0.3 is 0 Å². The van der Waals surface area contributed by atoms with Gasteiger partial charge in [-0.3, -0.25) is 0 Å². The molecule has 1 aliphatic heterocycles. The van der Waals surface area contributed by atoms with Crippen molar-refractivity contribution < 1.29 is 14.9 Å². The van der Waals surface area contributed by atoms with Crippen LogP contribution in [0.5, 0.6) is 23.0 Å². The molecule has 0 aromatic heterocycles. The number of ether oxygens (including phenoxy) is 1. The summed E-state index contributed by atoms with van der Waals surface area (Å²) in [5.74, 6) is 1.34. The quantitative estimate of drug-likeness (QED) is 0.526. The minimum Gasteiger partial charge on any atom is -0.508 e. The van der Waals surface area contributed by atoms with E-state index in [0.717, 1.165) is 22.3 Å². The Bertz CT molecular complexity index is 1070. The molecule has 3 nitrogen and oxygen atoms in total. The summed E-state index contributed by atoms with van der Waals surface area (Å²) in [5, 5.41) is 20.2. The largest absolute Gasteiger partial charge is 0.508 e. The Hall–Kier alpha value is -3.72. The minimum absolute atomic E-state index is 0.120. The third-order valence-electron chi connectivity index (χ3n) is 5.24. The number of hydrogen-bond donors (Lipinski definition) is 2. The van der Waals surface area contributed by atoms with Gasteiger partial charge in [0.1, 0.15) is 23.0 Å². The summed E-state index contributed by atoms with van der Waals surface area (Å²) in [6, 6.07) is 20.5. The molecule has 3 aromatic rings. The molecule has 0 atom stereocenters. The normalized spacial score (nSPS) is 14.7. The monoisotopic (exact) mass is 382 g/mol. The van der Waals surface area contributed by atoms with Crippen LogP contribution < -0.4 is 4.74 Å². The average Bonchev–Trinajstić information content (AvgIpc) is 2.72. The number of aromatic hydroxyl groups is 2. The van der Waals surface area contributed by atoms with Crippen LogP contribution in [-0.4, -0.2) is 10.2 Å². The molecule has 1 aliphatic rings. The second-order valence-electron chi connectivity index (χ2n) is 6.94. The predicted molar refractivity (Wildman–Crippen MR) is 116 cm³/mol. The lowest BCUT2D eigenvalue weighted by Crippen LogP contribution is -2.34. The Morgan fingerprint density at radius 2 is 1.48 bits per heavy atom. The second kappa shape index (κ2) is 7.36. The van der Waals surface area contributed by atoms with Crippen LogP contribution in [0.3, 0.4) is 0 Å². The van der Waals surface area contributed by atoms with Crippen LogP contribution in [-0.2, 0) is 5.41 Å². The SMILES string of the molecule is C=C/C=C(\C=C/C)C1(c2ccccc2)c2ccc(O)cc2Oc2cc(O)ccc21. The van der Waals surface area contributed by atoms with Crippen molar-refractivity contribution in [2.75, 3.05) is 0 Å². The highest BCUT2D eigenvalue weighted by Gasteiger charge is 2.46. The van der Waals surface area contributed by atoms with Gasteiger partial charge in [-0.1, -0.05) is 73.3 Å². The summed E-state index contributed by atoms with van der Waals surface area (Å²) in [6.45, 7) is 5.90. The third kappa shape index (κ3) is 2.92. The maximum Gasteiger partial charge on any atom is 0.135 e. The Kier molecular flexibility index (Phi) is 4.73. The first kappa shape index (κ1) is 18.6. The van der Waals surface area contributed by atoms with Crippen molar-refractivity contribution in [3.8, 4) is 23.0 Å². The van der Waals surface area contributed by atoms with Crippen LogP contribution in [0.2, 0.25) is 0 Å². The van der Waals surface area contributed by atoms with Gasteiger partial charge in [-0.05, 0) is 30.2 Å². The number of phenolic OH excluding ortho intramolecular Hbond substituents is 2. The van der Waals surface area contributed by atoms with E-state index in [2.05, 4.69) is 24.8 Å². The van der Waals surface area contributed by atoms with Gasteiger partial charge in [-0.2, -0.15) is 0 Å². The molecule has 0 spiro atoms. The van der Waals surface area contributed by atoms with Crippen molar-refractivity contribution in [2.45, 2.75) is 12.3 Å².